The Labute approximate surface area is 146 Å². The van der Waals surface area contributed by atoms with Crippen molar-refractivity contribution in [2.45, 2.75) is 45.1 Å². The fraction of sp³-hybridized carbons (Fsp3) is 0.455. The van der Waals surface area contributed by atoms with Gasteiger partial charge in [0, 0.05) is 5.92 Å². The van der Waals surface area contributed by atoms with E-state index < -0.39 is 0 Å². The van der Waals surface area contributed by atoms with Crippen LogP contribution in [0.3, 0.4) is 0 Å². The van der Waals surface area contributed by atoms with Crippen LogP contribution in [0.1, 0.15) is 43.7 Å². The molecule has 0 radical (unpaired) electrons. The fourth-order valence-electron chi connectivity index (χ4n) is 3.91. The zero-order valence-electron chi connectivity index (χ0n) is 14.9. The summed E-state index contributed by atoms with van der Waals surface area (Å²) in [5, 5.41) is 0. The highest BCUT2D eigenvalue weighted by atomic mass is 16.5. The van der Waals surface area contributed by atoms with Gasteiger partial charge in [-0.2, -0.15) is 0 Å². The van der Waals surface area contributed by atoms with Gasteiger partial charge in [-0.05, 0) is 49.5 Å². The van der Waals surface area contributed by atoms with Crippen LogP contribution in [0.25, 0.3) is 0 Å². The van der Waals surface area contributed by atoms with Crippen molar-refractivity contribution in [3.63, 3.8) is 0 Å². The molecule has 0 fully saturated rings. The third-order valence-corrected chi connectivity index (χ3v) is 4.98. The average Bonchev–Trinajstić information content (AvgIpc) is 2.63. The molecule has 24 heavy (non-hydrogen) atoms. The van der Waals surface area contributed by atoms with Crippen LogP contribution >= 0.6 is 0 Å². The van der Waals surface area contributed by atoms with Gasteiger partial charge in [0.25, 0.3) is 0 Å². The molecular weight excluding hydrogens is 294 g/mol. The van der Waals surface area contributed by atoms with Crippen LogP contribution in [0.2, 0.25) is 0 Å². The molecule has 0 saturated carbocycles. The topological polar surface area (TPSA) is 12.5 Å². The Hall–Kier alpha value is -1.80. The minimum absolute atomic E-state index is 0.458. The molecule has 0 spiro atoms. The Morgan fingerprint density at radius 1 is 0.917 bits per heavy atom. The Bertz CT molecular complexity index is 619. The molecule has 0 bridgehead atoms. The molecule has 1 aliphatic rings. The SMILES string of the molecule is CCCN(CCC)[C@H]1COc2ccccc2[C@@H]1Cc1ccccc1. The molecule has 2 atom stereocenters. The van der Waals surface area contributed by atoms with E-state index in [0.717, 1.165) is 31.9 Å². The highest BCUT2D eigenvalue weighted by Crippen LogP contribution is 2.38. The van der Waals surface area contributed by atoms with Crippen molar-refractivity contribution >= 4 is 0 Å². The maximum atomic E-state index is 6.14. The molecule has 0 aromatic heterocycles. The third kappa shape index (κ3) is 3.81. The molecule has 1 aliphatic heterocycles. The second kappa shape index (κ2) is 8.34. The summed E-state index contributed by atoms with van der Waals surface area (Å²) >= 11 is 0. The molecule has 0 N–H and O–H groups in total. The second-order valence-corrected chi connectivity index (χ2v) is 6.75. The lowest BCUT2D eigenvalue weighted by molar-refractivity contribution is 0.0956. The van der Waals surface area contributed by atoms with Gasteiger partial charge < -0.3 is 4.74 Å². The molecule has 2 aromatic carbocycles. The number of benzene rings is 2. The van der Waals surface area contributed by atoms with Gasteiger partial charge in [-0.25, -0.2) is 0 Å². The molecule has 1 heterocycles. The van der Waals surface area contributed by atoms with E-state index in [1.165, 1.54) is 24.0 Å². The van der Waals surface area contributed by atoms with Crippen LogP contribution < -0.4 is 4.74 Å². The predicted octanol–water partition coefficient (Wildman–Crippen LogP) is 4.90. The minimum Gasteiger partial charge on any atom is -0.492 e. The first-order valence-electron chi connectivity index (χ1n) is 9.33. The number of hydrogen-bond donors (Lipinski definition) is 0. The average molecular weight is 323 g/mol. The summed E-state index contributed by atoms with van der Waals surface area (Å²) < 4.78 is 6.14. The highest BCUT2D eigenvalue weighted by Gasteiger charge is 2.34. The van der Waals surface area contributed by atoms with E-state index >= 15 is 0 Å². The van der Waals surface area contributed by atoms with Crippen molar-refractivity contribution in [1.29, 1.82) is 0 Å². The molecule has 2 aromatic rings. The van der Waals surface area contributed by atoms with Crippen molar-refractivity contribution in [3.05, 3.63) is 65.7 Å². The Morgan fingerprint density at radius 2 is 1.58 bits per heavy atom. The molecule has 0 unspecified atom stereocenters. The summed E-state index contributed by atoms with van der Waals surface area (Å²) in [5.41, 5.74) is 2.78. The Morgan fingerprint density at radius 3 is 2.29 bits per heavy atom. The van der Waals surface area contributed by atoms with Crippen LogP contribution in [0.5, 0.6) is 5.75 Å². The smallest absolute Gasteiger partial charge is 0.122 e. The zero-order chi connectivity index (χ0) is 16.8. The summed E-state index contributed by atoms with van der Waals surface area (Å²) in [6.45, 7) is 7.64. The molecule has 2 nitrogen and oxygen atoms in total. The van der Waals surface area contributed by atoms with Crippen LogP contribution in [-0.2, 0) is 6.42 Å². The van der Waals surface area contributed by atoms with Gasteiger partial charge in [0.2, 0.25) is 0 Å². The fourth-order valence-corrected chi connectivity index (χ4v) is 3.91. The van der Waals surface area contributed by atoms with Gasteiger partial charge in [-0.1, -0.05) is 62.4 Å². The maximum absolute atomic E-state index is 6.14. The van der Waals surface area contributed by atoms with Crippen molar-refractivity contribution < 1.29 is 4.74 Å². The van der Waals surface area contributed by atoms with Gasteiger partial charge in [-0.3, -0.25) is 4.90 Å². The lowest BCUT2D eigenvalue weighted by Crippen LogP contribution is -2.47. The minimum atomic E-state index is 0.458. The molecule has 128 valence electrons. The monoisotopic (exact) mass is 323 g/mol. The first kappa shape index (κ1) is 17.0. The quantitative estimate of drug-likeness (QED) is 0.719. The summed E-state index contributed by atoms with van der Waals surface area (Å²) in [6, 6.07) is 19.9. The number of nitrogens with zero attached hydrogens (tertiary/aromatic N) is 1. The standard InChI is InChI=1S/C22H29NO/c1-3-14-23(15-4-2)21-17-24-22-13-9-8-12-19(22)20(21)16-18-10-6-5-7-11-18/h5-13,20-21H,3-4,14-17H2,1-2H3/t20-,21-/m0/s1. The van der Waals surface area contributed by atoms with Crippen LogP contribution in [-0.4, -0.2) is 30.6 Å². The number of hydrogen-bond acceptors (Lipinski definition) is 2. The van der Waals surface area contributed by atoms with Crippen LogP contribution in [0.4, 0.5) is 0 Å². The number of fused-ring (bicyclic) bond motifs is 1. The summed E-state index contributed by atoms with van der Waals surface area (Å²) in [7, 11) is 0. The number of rotatable bonds is 7. The van der Waals surface area contributed by atoms with Gasteiger partial charge in [0.05, 0.1) is 6.04 Å². The van der Waals surface area contributed by atoms with Crippen molar-refractivity contribution in [2.75, 3.05) is 19.7 Å². The van der Waals surface area contributed by atoms with Crippen molar-refractivity contribution in [2.24, 2.45) is 0 Å². The van der Waals surface area contributed by atoms with Crippen molar-refractivity contribution in [1.82, 2.24) is 4.90 Å². The van der Waals surface area contributed by atoms with E-state index in [4.69, 9.17) is 4.74 Å². The summed E-state index contributed by atoms with van der Waals surface area (Å²) in [4.78, 5) is 2.64. The highest BCUT2D eigenvalue weighted by molar-refractivity contribution is 5.40. The maximum Gasteiger partial charge on any atom is 0.122 e. The van der Waals surface area contributed by atoms with E-state index in [1.54, 1.807) is 0 Å². The molecule has 0 aliphatic carbocycles. The Balaban J connectivity index is 1.92. The normalized spacial score (nSPS) is 19.8. The Kier molecular flexibility index (Phi) is 5.92. The molecule has 2 heteroatoms. The predicted molar refractivity (Wildman–Crippen MR) is 101 cm³/mol. The van der Waals surface area contributed by atoms with Crippen LogP contribution in [0.15, 0.2) is 54.6 Å². The first-order valence-corrected chi connectivity index (χ1v) is 9.33. The third-order valence-electron chi connectivity index (χ3n) is 4.98. The van der Waals surface area contributed by atoms with Crippen molar-refractivity contribution in [3.8, 4) is 5.75 Å². The van der Waals surface area contributed by atoms with Crippen LogP contribution in [0, 0.1) is 0 Å². The van der Waals surface area contributed by atoms with Gasteiger partial charge >= 0.3 is 0 Å². The number of para-hydroxylation sites is 1. The largest absolute Gasteiger partial charge is 0.492 e. The molecular formula is C22H29NO. The van der Waals surface area contributed by atoms with Gasteiger partial charge in [0.1, 0.15) is 12.4 Å². The number of ether oxygens (including phenoxy) is 1. The second-order valence-electron chi connectivity index (χ2n) is 6.75. The zero-order valence-corrected chi connectivity index (χ0v) is 14.9. The van der Waals surface area contributed by atoms with E-state index in [9.17, 15) is 0 Å². The summed E-state index contributed by atoms with van der Waals surface area (Å²) in [5.74, 6) is 1.57. The lowest BCUT2D eigenvalue weighted by atomic mass is 9.83. The van der Waals surface area contributed by atoms with Gasteiger partial charge in [0.15, 0.2) is 0 Å². The molecule has 0 amide bonds. The van der Waals surface area contributed by atoms with E-state index in [-0.39, 0.29) is 0 Å². The first-order chi connectivity index (χ1) is 11.8. The lowest BCUT2D eigenvalue weighted by Gasteiger charge is -2.41. The van der Waals surface area contributed by atoms with Gasteiger partial charge in [-0.15, -0.1) is 0 Å². The molecule has 0 saturated heterocycles. The van der Waals surface area contributed by atoms with E-state index in [2.05, 4.69) is 73.3 Å². The van der Waals surface area contributed by atoms with E-state index in [0.29, 0.717) is 12.0 Å². The molecule has 3 rings (SSSR count). The summed E-state index contributed by atoms with van der Waals surface area (Å²) in [6.07, 6.45) is 3.46. The van der Waals surface area contributed by atoms with E-state index in [1.807, 2.05) is 0 Å².